The van der Waals surface area contributed by atoms with Gasteiger partial charge in [0.2, 0.25) is 0 Å². The zero-order chi connectivity index (χ0) is 31.8. The van der Waals surface area contributed by atoms with E-state index in [0.717, 1.165) is 51.3 Å². The van der Waals surface area contributed by atoms with Crippen molar-refractivity contribution in [2.45, 2.75) is 52.9 Å². The van der Waals surface area contributed by atoms with Crippen LogP contribution in [0.15, 0.2) is 72.8 Å². The van der Waals surface area contributed by atoms with Gasteiger partial charge in [-0.05, 0) is 84.9 Å². The first-order valence-electron chi connectivity index (χ1n) is 15.2. The fraction of sp³-hybridized carbons (Fsp3) is 0.324. The second kappa shape index (κ2) is 15.2. The van der Waals surface area contributed by atoms with Crippen molar-refractivity contribution in [3.05, 3.63) is 106 Å². The van der Waals surface area contributed by atoms with E-state index >= 15 is 4.39 Å². The number of thioether (sulfide) groups is 1. The average molecular weight is 631 g/mol. The Morgan fingerprint density at radius 2 is 1.71 bits per heavy atom. The third-order valence-corrected chi connectivity index (χ3v) is 8.30. The summed E-state index contributed by atoms with van der Waals surface area (Å²) >= 11 is 1.80. The molecule has 236 valence electrons. The van der Waals surface area contributed by atoms with Gasteiger partial charge in [0.1, 0.15) is 48.6 Å². The number of hydrogen-bond donors (Lipinski definition) is 0. The van der Waals surface area contributed by atoms with Gasteiger partial charge >= 0.3 is 5.97 Å². The van der Waals surface area contributed by atoms with Gasteiger partial charge in [-0.3, -0.25) is 4.79 Å². The number of esters is 1. The molecule has 1 heterocycles. The molecule has 0 aromatic heterocycles. The molecule has 0 unspecified atom stereocenters. The first-order chi connectivity index (χ1) is 21.9. The van der Waals surface area contributed by atoms with Gasteiger partial charge in [-0.25, -0.2) is 4.39 Å². The Kier molecular flexibility index (Phi) is 10.9. The number of ether oxygens (including phenoxy) is 5. The fourth-order valence-electron chi connectivity index (χ4n) is 5.34. The van der Waals surface area contributed by atoms with E-state index in [0.29, 0.717) is 42.4 Å². The third kappa shape index (κ3) is 8.11. The fourth-order valence-corrected chi connectivity index (χ4v) is 5.74. The minimum absolute atomic E-state index is 0.000432. The van der Waals surface area contributed by atoms with Gasteiger partial charge in [-0.1, -0.05) is 37.3 Å². The van der Waals surface area contributed by atoms with E-state index in [2.05, 4.69) is 6.26 Å². The van der Waals surface area contributed by atoms with Crippen molar-refractivity contribution in [2.24, 2.45) is 0 Å². The van der Waals surface area contributed by atoms with Crippen LogP contribution in [0.5, 0.6) is 23.0 Å². The summed E-state index contributed by atoms with van der Waals surface area (Å²) < 4.78 is 45.1. The van der Waals surface area contributed by atoms with Gasteiger partial charge in [0.25, 0.3) is 0 Å². The number of halogens is 1. The number of carbonyl (C=O) groups is 1. The van der Waals surface area contributed by atoms with E-state index in [4.69, 9.17) is 23.7 Å². The van der Waals surface area contributed by atoms with Crippen LogP contribution in [0.2, 0.25) is 0 Å². The van der Waals surface area contributed by atoms with E-state index in [1.807, 2.05) is 68.4 Å². The molecule has 4 aromatic rings. The molecule has 1 aliphatic rings. The molecule has 0 fully saturated rings. The lowest BCUT2D eigenvalue weighted by Gasteiger charge is -2.19. The number of carbonyl (C=O) groups excluding carboxylic acids is 1. The Hall–Kier alpha value is -4.17. The summed E-state index contributed by atoms with van der Waals surface area (Å²) in [6.07, 6.45) is 2.92. The van der Waals surface area contributed by atoms with Crippen molar-refractivity contribution in [3.63, 3.8) is 0 Å². The summed E-state index contributed by atoms with van der Waals surface area (Å²) in [5.74, 6) is 2.74. The van der Waals surface area contributed by atoms with Crippen LogP contribution in [0.4, 0.5) is 4.39 Å². The lowest BCUT2D eigenvalue weighted by atomic mass is 9.93. The monoisotopic (exact) mass is 630 g/mol. The quantitative estimate of drug-likeness (QED) is 0.102. The molecule has 0 radical (unpaired) electrons. The van der Waals surface area contributed by atoms with Crippen molar-refractivity contribution in [1.82, 2.24) is 0 Å². The molecular formula is C37H39FO6S. The smallest absolute Gasteiger partial charge is 0.306 e. The summed E-state index contributed by atoms with van der Waals surface area (Å²) in [4.78, 5) is 11.8. The van der Waals surface area contributed by atoms with Gasteiger partial charge < -0.3 is 23.7 Å². The van der Waals surface area contributed by atoms with Crippen LogP contribution in [0.1, 0.15) is 53.7 Å². The van der Waals surface area contributed by atoms with Gasteiger partial charge in [-0.2, -0.15) is 11.8 Å². The van der Waals surface area contributed by atoms with E-state index in [1.165, 1.54) is 6.07 Å². The molecule has 1 aliphatic heterocycles. The molecule has 45 heavy (non-hydrogen) atoms. The maximum atomic E-state index is 15.6. The molecule has 1 atom stereocenters. The minimum Gasteiger partial charge on any atom is -0.494 e. The van der Waals surface area contributed by atoms with Crippen LogP contribution in [-0.4, -0.2) is 31.2 Å². The Labute approximate surface area is 268 Å². The van der Waals surface area contributed by atoms with Crippen molar-refractivity contribution in [3.8, 4) is 34.1 Å². The summed E-state index contributed by atoms with van der Waals surface area (Å²) in [7, 11) is 0. The molecule has 0 amide bonds. The molecule has 0 N–H and O–H groups in total. The normalized spacial score (nSPS) is 13.6. The summed E-state index contributed by atoms with van der Waals surface area (Å²) in [6.45, 7) is 7.04. The highest BCUT2D eigenvalue weighted by atomic mass is 32.2. The second-order valence-corrected chi connectivity index (χ2v) is 12.0. The molecule has 4 aromatic carbocycles. The molecule has 0 saturated carbocycles. The van der Waals surface area contributed by atoms with Crippen LogP contribution in [0, 0.1) is 19.7 Å². The van der Waals surface area contributed by atoms with Gasteiger partial charge in [0, 0.05) is 35.2 Å². The predicted octanol–water partition coefficient (Wildman–Crippen LogP) is 8.79. The molecule has 0 spiro atoms. The van der Waals surface area contributed by atoms with E-state index < -0.39 is 11.9 Å². The highest BCUT2D eigenvalue weighted by Gasteiger charge is 2.28. The Morgan fingerprint density at radius 3 is 2.44 bits per heavy atom. The van der Waals surface area contributed by atoms with Gasteiger partial charge in [-0.15, -0.1) is 0 Å². The minimum atomic E-state index is -0.441. The zero-order valence-electron chi connectivity index (χ0n) is 26.2. The molecular weight excluding hydrogens is 591 g/mol. The SMILES string of the molecule is CCC(=O)O[C@@H]1COc2cc(OCc3cc(-c4c(C)cc(OCCCSC)cc4C)c(OCc4ccccc4)cc3F)ccc21. The molecule has 0 saturated heterocycles. The Morgan fingerprint density at radius 1 is 0.933 bits per heavy atom. The van der Waals surface area contributed by atoms with Crippen LogP contribution in [0.3, 0.4) is 0 Å². The molecule has 6 nitrogen and oxygen atoms in total. The standard InChI is InChI=1S/C37H39FO6S/c1-5-36(39)44-35-23-43-33-19-28(12-13-30(33)35)41-22-27-18-31(34(20-32(27)38)42-21-26-10-7-6-8-11-26)37-24(2)16-29(17-25(37)3)40-14-9-15-45-4/h6-8,10-13,16-20,35H,5,9,14-15,21-23H2,1-4H3/t35-/m1/s1. The summed E-state index contributed by atoms with van der Waals surface area (Å²) in [5.41, 5.74) is 5.94. The van der Waals surface area contributed by atoms with Gasteiger partial charge in [0.05, 0.1) is 6.61 Å². The molecule has 8 heteroatoms. The topological polar surface area (TPSA) is 63.2 Å². The number of hydrogen-bond acceptors (Lipinski definition) is 7. The van der Waals surface area contributed by atoms with Crippen LogP contribution in [0.25, 0.3) is 11.1 Å². The average Bonchev–Trinajstić information content (AvgIpc) is 3.43. The van der Waals surface area contributed by atoms with E-state index in [9.17, 15) is 4.79 Å². The van der Waals surface area contributed by atoms with Crippen LogP contribution in [-0.2, 0) is 22.7 Å². The number of aryl methyl sites for hydroxylation is 2. The molecule has 5 rings (SSSR count). The second-order valence-electron chi connectivity index (χ2n) is 11.0. The number of rotatable bonds is 14. The molecule has 0 bridgehead atoms. The predicted molar refractivity (Wildman–Crippen MR) is 176 cm³/mol. The lowest BCUT2D eigenvalue weighted by molar-refractivity contribution is -0.149. The lowest BCUT2D eigenvalue weighted by Crippen LogP contribution is -2.11. The van der Waals surface area contributed by atoms with Crippen molar-refractivity contribution >= 4 is 17.7 Å². The number of benzene rings is 4. The first-order valence-corrected chi connectivity index (χ1v) is 16.6. The Bertz CT molecular complexity index is 1600. The largest absolute Gasteiger partial charge is 0.494 e. The van der Waals surface area contributed by atoms with E-state index in [-0.39, 0.29) is 19.2 Å². The van der Waals surface area contributed by atoms with Crippen LogP contribution < -0.4 is 18.9 Å². The third-order valence-electron chi connectivity index (χ3n) is 7.60. The summed E-state index contributed by atoms with van der Waals surface area (Å²) in [5, 5.41) is 0. The maximum Gasteiger partial charge on any atom is 0.306 e. The number of fused-ring (bicyclic) bond motifs is 1. The zero-order valence-corrected chi connectivity index (χ0v) is 27.0. The highest BCUT2D eigenvalue weighted by Crippen LogP contribution is 2.40. The Balaban J connectivity index is 1.40. The summed E-state index contributed by atoms with van der Waals surface area (Å²) in [6, 6.07) is 22.5. The van der Waals surface area contributed by atoms with E-state index in [1.54, 1.807) is 30.8 Å². The van der Waals surface area contributed by atoms with Crippen molar-refractivity contribution in [1.29, 1.82) is 0 Å². The van der Waals surface area contributed by atoms with Crippen LogP contribution >= 0.6 is 11.8 Å². The first kappa shape index (κ1) is 32.2. The molecule has 0 aliphatic carbocycles. The maximum absolute atomic E-state index is 15.6. The highest BCUT2D eigenvalue weighted by molar-refractivity contribution is 7.98. The van der Waals surface area contributed by atoms with Crippen molar-refractivity contribution in [2.75, 3.05) is 25.2 Å². The van der Waals surface area contributed by atoms with Crippen molar-refractivity contribution < 1.29 is 32.9 Å². The van der Waals surface area contributed by atoms with Gasteiger partial charge in [0.15, 0.2) is 6.10 Å².